The van der Waals surface area contributed by atoms with Crippen molar-refractivity contribution in [3.63, 3.8) is 0 Å². The highest BCUT2D eigenvalue weighted by atomic mass is 35.7. The van der Waals surface area contributed by atoms with Gasteiger partial charge in [-0.2, -0.15) is 0 Å². The monoisotopic (exact) mass is 218 g/mol. The van der Waals surface area contributed by atoms with E-state index < -0.39 is 9.05 Å². The molecule has 0 aliphatic rings. The molecule has 4 heteroatoms. The highest BCUT2D eigenvalue weighted by Gasteiger charge is 2.06. The molecular formula is C9H11ClO2S. The minimum Gasteiger partial charge on any atom is -0.212 e. The molecule has 0 atom stereocenters. The number of hydrogen-bond acceptors (Lipinski definition) is 2. The Morgan fingerprint density at radius 3 is 2.46 bits per heavy atom. The molecule has 0 heterocycles. The fraction of sp³-hybridized carbons (Fsp3) is 0.333. The summed E-state index contributed by atoms with van der Waals surface area (Å²) in [6.45, 7) is 2.02. The van der Waals surface area contributed by atoms with Crippen molar-refractivity contribution in [1.82, 2.24) is 0 Å². The minimum atomic E-state index is -3.43. The van der Waals surface area contributed by atoms with Crippen LogP contribution in [0.2, 0.25) is 0 Å². The Bertz CT molecular complexity index is 384. The fourth-order valence-electron chi connectivity index (χ4n) is 1.14. The van der Waals surface area contributed by atoms with E-state index in [-0.39, 0.29) is 5.75 Å². The van der Waals surface area contributed by atoms with Gasteiger partial charge < -0.3 is 0 Å². The van der Waals surface area contributed by atoms with E-state index in [4.69, 9.17) is 10.7 Å². The highest BCUT2D eigenvalue weighted by Crippen LogP contribution is 2.11. The van der Waals surface area contributed by atoms with Crippen LogP contribution in [0.4, 0.5) is 0 Å². The number of hydrogen-bond donors (Lipinski definition) is 0. The number of rotatable bonds is 3. The van der Waals surface area contributed by atoms with Crippen LogP contribution in [0, 0.1) is 0 Å². The predicted molar refractivity (Wildman–Crippen MR) is 54.3 cm³/mol. The molecule has 0 aromatic heterocycles. The molecule has 13 heavy (non-hydrogen) atoms. The van der Waals surface area contributed by atoms with Gasteiger partial charge in [0.05, 0.1) is 5.75 Å². The second-order valence-corrected chi connectivity index (χ2v) is 5.63. The third kappa shape index (κ3) is 3.79. The zero-order valence-electron chi connectivity index (χ0n) is 7.33. The van der Waals surface area contributed by atoms with Gasteiger partial charge in [-0.15, -0.1) is 0 Å². The van der Waals surface area contributed by atoms with Crippen molar-refractivity contribution >= 4 is 19.7 Å². The van der Waals surface area contributed by atoms with Crippen LogP contribution in [0.3, 0.4) is 0 Å². The standard InChI is InChI=1S/C9H11ClO2S/c1-2-8-4-3-5-9(6-8)7-13(10,11)12/h3-6H,2,7H2,1H3. The van der Waals surface area contributed by atoms with Gasteiger partial charge in [0, 0.05) is 10.7 Å². The zero-order valence-corrected chi connectivity index (χ0v) is 8.90. The van der Waals surface area contributed by atoms with Crippen molar-refractivity contribution in [3.05, 3.63) is 35.4 Å². The van der Waals surface area contributed by atoms with Gasteiger partial charge in [0.25, 0.3) is 0 Å². The lowest BCUT2D eigenvalue weighted by Gasteiger charge is -2.00. The van der Waals surface area contributed by atoms with Gasteiger partial charge >= 0.3 is 0 Å². The highest BCUT2D eigenvalue weighted by molar-refractivity contribution is 8.13. The predicted octanol–water partition coefficient (Wildman–Crippen LogP) is 2.32. The second kappa shape index (κ2) is 4.11. The maximum absolute atomic E-state index is 10.8. The molecule has 1 aromatic rings. The lowest BCUT2D eigenvalue weighted by atomic mass is 10.1. The SMILES string of the molecule is CCc1cccc(CS(=O)(=O)Cl)c1. The Kier molecular flexibility index (Phi) is 3.33. The molecule has 0 aliphatic heterocycles. The first kappa shape index (κ1) is 10.5. The molecule has 0 fully saturated rings. The molecule has 1 aromatic carbocycles. The van der Waals surface area contributed by atoms with Gasteiger partial charge in [-0.3, -0.25) is 0 Å². The first-order chi connectivity index (χ1) is 6.01. The lowest BCUT2D eigenvalue weighted by molar-refractivity contribution is 0.609. The summed E-state index contributed by atoms with van der Waals surface area (Å²) in [6, 6.07) is 7.43. The van der Waals surface area contributed by atoms with Crippen LogP contribution in [0.15, 0.2) is 24.3 Å². The van der Waals surface area contributed by atoms with Crippen molar-refractivity contribution in [2.45, 2.75) is 19.1 Å². The largest absolute Gasteiger partial charge is 0.236 e. The molecule has 0 spiro atoms. The van der Waals surface area contributed by atoms with Crippen molar-refractivity contribution in [2.24, 2.45) is 0 Å². The van der Waals surface area contributed by atoms with Crippen LogP contribution >= 0.6 is 10.7 Å². The molecule has 0 N–H and O–H groups in total. The first-order valence-electron chi connectivity index (χ1n) is 4.01. The summed E-state index contributed by atoms with van der Waals surface area (Å²) in [4.78, 5) is 0. The third-order valence-corrected chi connectivity index (χ3v) is 2.74. The molecule has 0 radical (unpaired) electrons. The van der Waals surface area contributed by atoms with Crippen molar-refractivity contribution in [2.75, 3.05) is 0 Å². The van der Waals surface area contributed by atoms with Crippen molar-refractivity contribution < 1.29 is 8.42 Å². The van der Waals surface area contributed by atoms with E-state index in [1.54, 1.807) is 6.07 Å². The van der Waals surface area contributed by atoms with Crippen molar-refractivity contribution in [3.8, 4) is 0 Å². The Balaban J connectivity index is 2.90. The summed E-state index contributed by atoms with van der Waals surface area (Å²) in [5.41, 5.74) is 1.87. The van der Waals surface area contributed by atoms with Gasteiger partial charge in [-0.1, -0.05) is 31.2 Å². The third-order valence-electron chi connectivity index (χ3n) is 1.74. The van der Waals surface area contributed by atoms with Crippen LogP contribution in [0.1, 0.15) is 18.1 Å². The Morgan fingerprint density at radius 2 is 1.92 bits per heavy atom. The van der Waals surface area contributed by atoms with E-state index in [0.29, 0.717) is 0 Å². The average Bonchev–Trinajstić information content (AvgIpc) is 2.01. The number of benzene rings is 1. The summed E-state index contributed by atoms with van der Waals surface area (Å²) >= 11 is 0. The van der Waals surface area contributed by atoms with Gasteiger partial charge in [0.2, 0.25) is 9.05 Å². The fourth-order valence-corrected chi connectivity index (χ4v) is 2.09. The Labute approximate surface area is 83.0 Å². The van der Waals surface area contributed by atoms with E-state index in [1.165, 1.54) is 0 Å². The topological polar surface area (TPSA) is 34.1 Å². The second-order valence-electron chi connectivity index (χ2n) is 2.86. The summed E-state index contributed by atoms with van der Waals surface area (Å²) in [7, 11) is 1.71. The molecule has 72 valence electrons. The van der Waals surface area contributed by atoms with E-state index in [9.17, 15) is 8.42 Å². The van der Waals surface area contributed by atoms with E-state index in [1.807, 2.05) is 25.1 Å². The normalized spacial score (nSPS) is 11.5. The van der Waals surface area contributed by atoms with Crippen molar-refractivity contribution in [1.29, 1.82) is 0 Å². The molecular weight excluding hydrogens is 208 g/mol. The Hall–Kier alpha value is -0.540. The van der Waals surface area contributed by atoms with Gasteiger partial charge in [-0.05, 0) is 17.5 Å². The van der Waals surface area contributed by atoms with Crippen LogP contribution in [-0.4, -0.2) is 8.42 Å². The molecule has 2 nitrogen and oxygen atoms in total. The summed E-state index contributed by atoms with van der Waals surface area (Å²) in [5, 5.41) is 0. The van der Waals surface area contributed by atoms with E-state index >= 15 is 0 Å². The Morgan fingerprint density at radius 1 is 1.31 bits per heavy atom. The van der Waals surface area contributed by atoms with Gasteiger partial charge in [-0.25, -0.2) is 8.42 Å². The molecule has 0 saturated heterocycles. The number of aryl methyl sites for hydroxylation is 1. The van der Waals surface area contributed by atoms with Gasteiger partial charge in [0.1, 0.15) is 0 Å². The van der Waals surface area contributed by atoms with Crippen LogP contribution in [0.5, 0.6) is 0 Å². The minimum absolute atomic E-state index is 0.0948. The number of halogens is 1. The molecule has 0 unspecified atom stereocenters. The maximum atomic E-state index is 10.8. The molecule has 0 bridgehead atoms. The van der Waals surface area contributed by atoms with Crippen LogP contribution in [0.25, 0.3) is 0 Å². The zero-order chi connectivity index (χ0) is 9.90. The molecule has 0 amide bonds. The maximum Gasteiger partial charge on any atom is 0.236 e. The van der Waals surface area contributed by atoms with Crippen LogP contribution < -0.4 is 0 Å². The van der Waals surface area contributed by atoms with Gasteiger partial charge in [0.15, 0.2) is 0 Å². The van der Waals surface area contributed by atoms with E-state index in [2.05, 4.69) is 0 Å². The van der Waals surface area contributed by atoms with Crippen LogP contribution in [-0.2, 0) is 21.2 Å². The average molecular weight is 219 g/mol. The molecule has 0 saturated carbocycles. The molecule has 1 rings (SSSR count). The lowest BCUT2D eigenvalue weighted by Crippen LogP contribution is -1.95. The summed E-state index contributed by atoms with van der Waals surface area (Å²) in [6.07, 6.45) is 0.899. The summed E-state index contributed by atoms with van der Waals surface area (Å²) < 4.78 is 21.5. The first-order valence-corrected chi connectivity index (χ1v) is 6.49. The summed E-state index contributed by atoms with van der Waals surface area (Å²) in [5.74, 6) is -0.0948. The quantitative estimate of drug-likeness (QED) is 0.730. The molecule has 0 aliphatic carbocycles. The van der Waals surface area contributed by atoms with E-state index in [0.717, 1.165) is 17.5 Å². The smallest absolute Gasteiger partial charge is 0.212 e.